The zero-order valence-electron chi connectivity index (χ0n) is 15.1. The lowest BCUT2D eigenvalue weighted by Gasteiger charge is -2.12. The first-order valence-electron chi connectivity index (χ1n) is 8.59. The molecule has 26 heavy (non-hydrogen) atoms. The standard InChI is InChI=1S/C19H24F2N4O/c1-3-23-19(24-9-7-15-6-8-22-13-14(15)2)25-10-11-26-18-5-4-16(20)12-17(18)21/h4-6,8,12-13H,3,7,9-11H2,1-2H3,(H2,23,24,25). The predicted octanol–water partition coefficient (Wildman–Crippen LogP) is 2.84. The predicted molar refractivity (Wildman–Crippen MR) is 98.5 cm³/mol. The van der Waals surface area contributed by atoms with Crippen LogP contribution in [0.25, 0.3) is 0 Å². The smallest absolute Gasteiger partial charge is 0.191 e. The van der Waals surface area contributed by atoms with Crippen LogP contribution < -0.4 is 15.4 Å². The van der Waals surface area contributed by atoms with Crippen LogP contribution in [0.15, 0.2) is 41.7 Å². The number of pyridine rings is 1. The van der Waals surface area contributed by atoms with Crippen molar-refractivity contribution in [2.24, 2.45) is 4.99 Å². The van der Waals surface area contributed by atoms with Gasteiger partial charge in [-0.25, -0.2) is 8.78 Å². The fourth-order valence-corrected chi connectivity index (χ4v) is 2.34. The van der Waals surface area contributed by atoms with E-state index in [0.29, 0.717) is 19.0 Å². The molecule has 0 saturated heterocycles. The molecule has 1 heterocycles. The van der Waals surface area contributed by atoms with Crippen LogP contribution >= 0.6 is 0 Å². The van der Waals surface area contributed by atoms with Crippen LogP contribution in [0.3, 0.4) is 0 Å². The van der Waals surface area contributed by atoms with Crippen LogP contribution in [0.5, 0.6) is 5.75 Å². The van der Waals surface area contributed by atoms with Crippen molar-refractivity contribution >= 4 is 5.96 Å². The summed E-state index contributed by atoms with van der Waals surface area (Å²) < 4.78 is 31.7. The molecule has 2 rings (SSSR count). The SMILES string of the molecule is CCNC(=NCCc1ccncc1C)NCCOc1ccc(F)cc1F. The molecule has 0 unspecified atom stereocenters. The minimum atomic E-state index is -0.710. The molecule has 0 atom stereocenters. The lowest BCUT2D eigenvalue weighted by atomic mass is 10.1. The highest BCUT2D eigenvalue weighted by molar-refractivity contribution is 5.79. The first-order valence-corrected chi connectivity index (χ1v) is 8.59. The molecule has 0 aliphatic rings. The second-order valence-corrected chi connectivity index (χ2v) is 5.66. The molecule has 7 heteroatoms. The summed E-state index contributed by atoms with van der Waals surface area (Å²) in [6.07, 6.45) is 4.44. The van der Waals surface area contributed by atoms with E-state index in [2.05, 4.69) is 20.6 Å². The molecule has 5 nitrogen and oxygen atoms in total. The van der Waals surface area contributed by atoms with Crippen LogP contribution in [-0.4, -0.2) is 37.2 Å². The molecular weight excluding hydrogens is 338 g/mol. The van der Waals surface area contributed by atoms with E-state index in [9.17, 15) is 8.78 Å². The van der Waals surface area contributed by atoms with Crippen molar-refractivity contribution < 1.29 is 13.5 Å². The van der Waals surface area contributed by atoms with Crippen LogP contribution in [-0.2, 0) is 6.42 Å². The van der Waals surface area contributed by atoms with E-state index in [-0.39, 0.29) is 12.4 Å². The number of aromatic nitrogens is 1. The third-order valence-electron chi connectivity index (χ3n) is 3.68. The third-order valence-corrected chi connectivity index (χ3v) is 3.68. The zero-order valence-corrected chi connectivity index (χ0v) is 15.1. The van der Waals surface area contributed by atoms with Gasteiger partial charge in [0.15, 0.2) is 17.5 Å². The van der Waals surface area contributed by atoms with Crippen molar-refractivity contribution in [3.8, 4) is 5.75 Å². The highest BCUT2D eigenvalue weighted by atomic mass is 19.1. The summed E-state index contributed by atoms with van der Waals surface area (Å²) in [5.74, 6) is -0.636. The first kappa shape index (κ1) is 19.6. The number of nitrogens with zero attached hydrogens (tertiary/aromatic N) is 2. The maximum absolute atomic E-state index is 13.5. The summed E-state index contributed by atoms with van der Waals surface area (Å²) in [5.41, 5.74) is 2.37. The average Bonchev–Trinajstić information content (AvgIpc) is 2.61. The van der Waals surface area contributed by atoms with Crippen LogP contribution in [0.4, 0.5) is 8.78 Å². The van der Waals surface area contributed by atoms with Gasteiger partial charge in [-0.2, -0.15) is 0 Å². The molecule has 0 amide bonds. The Hall–Kier alpha value is -2.70. The Balaban J connectivity index is 1.79. The maximum Gasteiger partial charge on any atom is 0.191 e. The highest BCUT2D eigenvalue weighted by Gasteiger charge is 2.05. The number of hydrogen-bond acceptors (Lipinski definition) is 3. The molecule has 0 radical (unpaired) electrons. The molecule has 0 saturated carbocycles. The lowest BCUT2D eigenvalue weighted by molar-refractivity contribution is 0.304. The Morgan fingerprint density at radius 2 is 2.08 bits per heavy atom. The van der Waals surface area contributed by atoms with Gasteiger partial charge < -0.3 is 15.4 Å². The summed E-state index contributed by atoms with van der Waals surface area (Å²) in [6, 6.07) is 5.24. The normalized spacial score (nSPS) is 11.3. The van der Waals surface area contributed by atoms with Crippen molar-refractivity contribution in [3.63, 3.8) is 0 Å². The van der Waals surface area contributed by atoms with Gasteiger partial charge in [-0.15, -0.1) is 0 Å². The van der Waals surface area contributed by atoms with Crippen molar-refractivity contribution in [2.45, 2.75) is 20.3 Å². The van der Waals surface area contributed by atoms with E-state index in [0.717, 1.165) is 24.6 Å². The number of ether oxygens (including phenoxy) is 1. The monoisotopic (exact) mass is 362 g/mol. The van der Waals surface area contributed by atoms with E-state index >= 15 is 0 Å². The molecule has 0 spiro atoms. The Morgan fingerprint density at radius 3 is 2.81 bits per heavy atom. The number of benzene rings is 1. The third kappa shape index (κ3) is 6.31. The number of nitrogens with one attached hydrogen (secondary N) is 2. The van der Waals surface area contributed by atoms with Gasteiger partial charge >= 0.3 is 0 Å². The van der Waals surface area contributed by atoms with Crippen LogP contribution in [0.2, 0.25) is 0 Å². The van der Waals surface area contributed by atoms with Gasteiger partial charge in [0.25, 0.3) is 0 Å². The molecular formula is C19H24F2N4O. The fraction of sp³-hybridized carbons (Fsp3) is 0.368. The fourth-order valence-electron chi connectivity index (χ4n) is 2.34. The van der Waals surface area contributed by atoms with Crippen molar-refractivity contribution in [1.29, 1.82) is 0 Å². The maximum atomic E-state index is 13.5. The van der Waals surface area contributed by atoms with Gasteiger partial charge in [0, 0.05) is 31.5 Å². The Morgan fingerprint density at radius 1 is 1.23 bits per heavy atom. The average molecular weight is 362 g/mol. The van der Waals surface area contributed by atoms with E-state index in [1.165, 1.54) is 17.7 Å². The minimum absolute atomic E-state index is 0.0308. The van der Waals surface area contributed by atoms with E-state index in [1.807, 2.05) is 26.1 Å². The number of rotatable bonds is 8. The molecule has 2 N–H and O–H groups in total. The van der Waals surface area contributed by atoms with Gasteiger partial charge in [0.05, 0.1) is 6.54 Å². The van der Waals surface area contributed by atoms with Gasteiger partial charge in [0.1, 0.15) is 12.4 Å². The summed E-state index contributed by atoms with van der Waals surface area (Å²) in [5, 5.41) is 6.28. The van der Waals surface area contributed by atoms with Crippen LogP contribution in [0, 0.1) is 18.6 Å². The quantitative estimate of drug-likeness (QED) is 0.431. The first-order chi connectivity index (χ1) is 12.6. The molecule has 1 aromatic carbocycles. The van der Waals surface area contributed by atoms with Crippen LogP contribution in [0.1, 0.15) is 18.1 Å². The summed E-state index contributed by atoms with van der Waals surface area (Å²) in [4.78, 5) is 8.60. The van der Waals surface area contributed by atoms with Crippen molar-refractivity contribution in [3.05, 3.63) is 59.4 Å². The Labute approximate surface area is 152 Å². The number of hydrogen-bond donors (Lipinski definition) is 2. The van der Waals surface area contributed by atoms with Crippen molar-refractivity contribution in [2.75, 3.05) is 26.2 Å². The molecule has 140 valence electrons. The highest BCUT2D eigenvalue weighted by Crippen LogP contribution is 2.17. The van der Waals surface area contributed by atoms with Gasteiger partial charge in [-0.1, -0.05) is 0 Å². The summed E-state index contributed by atoms with van der Waals surface area (Å²) >= 11 is 0. The minimum Gasteiger partial charge on any atom is -0.489 e. The topological polar surface area (TPSA) is 58.5 Å². The molecule has 2 aromatic rings. The van der Waals surface area contributed by atoms with E-state index in [4.69, 9.17) is 4.74 Å². The Kier molecular flexibility index (Phi) is 7.79. The molecule has 0 fully saturated rings. The second-order valence-electron chi connectivity index (χ2n) is 5.66. The Bertz CT molecular complexity index is 737. The van der Waals surface area contributed by atoms with E-state index < -0.39 is 11.6 Å². The van der Waals surface area contributed by atoms with Crippen molar-refractivity contribution in [1.82, 2.24) is 15.6 Å². The molecule has 0 bridgehead atoms. The number of aliphatic imine (C=N–C) groups is 1. The van der Waals surface area contributed by atoms with E-state index in [1.54, 1.807) is 6.20 Å². The molecule has 1 aromatic heterocycles. The number of guanidine groups is 1. The number of aryl methyl sites for hydroxylation is 1. The largest absolute Gasteiger partial charge is 0.489 e. The van der Waals surface area contributed by atoms with Gasteiger partial charge in [-0.05, 0) is 49.6 Å². The molecule has 0 aliphatic heterocycles. The summed E-state index contributed by atoms with van der Waals surface area (Å²) in [6.45, 7) is 6.05. The second kappa shape index (κ2) is 10.3. The number of halogens is 2. The molecule has 0 aliphatic carbocycles. The lowest BCUT2D eigenvalue weighted by Crippen LogP contribution is -2.39. The van der Waals surface area contributed by atoms with Gasteiger partial charge in [0.2, 0.25) is 0 Å². The van der Waals surface area contributed by atoms with Gasteiger partial charge in [-0.3, -0.25) is 9.98 Å². The zero-order chi connectivity index (χ0) is 18.8. The summed E-state index contributed by atoms with van der Waals surface area (Å²) in [7, 11) is 0.